The number of tetrazole rings is 1. The Morgan fingerprint density at radius 2 is 1.82 bits per heavy atom. The molecule has 2 aromatic carbocycles. The zero-order chi connectivity index (χ0) is 19.9. The molecule has 0 aliphatic carbocycles. The fourth-order valence-corrected chi connectivity index (χ4v) is 2.66. The number of carbonyl (C=O) groups is 2. The molecule has 11 heteroatoms. The van der Waals surface area contributed by atoms with Gasteiger partial charge in [0.05, 0.1) is 11.3 Å². The van der Waals surface area contributed by atoms with Crippen molar-refractivity contribution in [3.63, 3.8) is 0 Å². The summed E-state index contributed by atoms with van der Waals surface area (Å²) in [5.74, 6) is -3.73. The molecule has 3 aromatic rings. The highest BCUT2D eigenvalue weighted by Crippen LogP contribution is 2.26. The van der Waals surface area contributed by atoms with E-state index < -0.39 is 24.2 Å². The lowest BCUT2D eigenvalue weighted by atomic mass is 10.2. The maximum Gasteiger partial charge on any atom is 0.338 e. The van der Waals surface area contributed by atoms with Crippen molar-refractivity contribution in [2.75, 3.05) is 11.9 Å². The van der Waals surface area contributed by atoms with Gasteiger partial charge in [0.2, 0.25) is 0 Å². The Labute approximate surface area is 161 Å². The summed E-state index contributed by atoms with van der Waals surface area (Å²) in [4.78, 5) is 24.3. The average Bonchev–Trinajstić information content (AvgIpc) is 3.22. The van der Waals surface area contributed by atoms with Gasteiger partial charge in [-0.05, 0) is 59.0 Å². The first-order valence-corrected chi connectivity index (χ1v) is 8.74. The highest BCUT2D eigenvalue weighted by molar-refractivity contribution is 7.99. The summed E-state index contributed by atoms with van der Waals surface area (Å²) in [6, 6.07) is 12.2. The highest BCUT2D eigenvalue weighted by Gasteiger charge is 2.11. The molecule has 1 amide bonds. The molecule has 8 nitrogen and oxygen atoms in total. The molecule has 0 fully saturated rings. The van der Waals surface area contributed by atoms with E-state index in [9.17, 15) is 18.4 Å². The molecular weight excluding hydrogens is 392 g/mol. The largest absolute Gasteiger partial charge is 0.452 e. The summed E-state index contributed by atoms with van der Waals surface area (Å²) in [6.45, 7) is -0.485. The molecule has 3 rings (SSSR count). The van der Waals surface area contributed by atoms with Gasteiger partial charge >= 0.3 is 5.97 Å². The van der Waals surface area contributed by atoms with Crippen molar-refractivity contribution in [3.8, 4) is 5.69 Å². The van der Waals surface area contributed by atoms with Crippen LogP contribution in [-0.2, 0) is 9.53 Å². The van der Waals surface area contributed by atoms with Crippen molar-refractivity contribution in [2.45, 2.75) is 10.7 Å². The van der Waals surface area contributed by atoms with E-state index in [0.717, 1.165) is 0 Å². The summed E-state index contributed by atoms with van der Waals surface area (Å²) in [7, 11) is 0. The number of nitrogens with zero attached hydrogens (tertiary/aromatic N) is 4. The van der Waals surface area contributed by atoms with Crippen LogP contribution >= 0.6 is 11.8 Å². The number of halogens is 2. The molecule has 1 aromatic heterocycles. The van der Waals surface area contributed by atoms with E-state index in [0.29, 0.717) is 28.0 Å². The Morgan fingerprint density at radius 1 is 1.11 bits per heavy atom. The highest BCUT2D eigenvalue weighted by atomic mass is 32.2. The van der Waals surface area contributed by atoms with E-state index >= 15 is 0 Å². The van der Waals surface area contributed by atoms with Crippen molar-refractivity contribution in [1.29, 1.82) is 0 Å². The van der Waals surface area contributed by atoms with Crippen LogP contribution in [-0.4, -0.2) is 44.4 Å². The predicted molar refractivity (Wildman–Crippen MR) is 96.4 cm³/mol. The van der Waals surface area contributed by atoms with Gasteiger partial charge < -0.3 is 10.1 Å². The number of benzene rings is 2. The van der Waals surface area contributed by atoms with E-state index in [-0.39, 0.29) is 5.56 Å². The molecule has 0 bridgehead atoms. The molecule has 0 atom stereocenters. The van der Waals surface area contributed by atoms with Gasteiger partial charge in [0.25, 0.3) is 11.7 Å². The van der Waals surface area contributed by atoms with Crippen LogP contribution in [0.5, 0.6) is 0 Å². The second-order valence-corrected chi connectivity index (χ2v) is 6.39. The van der Waals surface area contributed by atoms with Crippen LogP contribution < -0.4 is 5.32 Å². The van der Waals surface area contributed by atoms with Crippen LogP contribution in [0.25, 0.3) is 5.69 Å². The van der Waals surface area contributed by atoms with Gasteiger partial charge in [0.1, 0.15) is 6.33 Å². The minimum absolute atomic E-state index is 0.262. The van der Waals surface area contributed by atoms with E-state index in [1.807, 2.05) is 0 Å². The molecule has 0 radical (unpaired) electrons. The number of aromatic nitrogens is 4. The van der Waals surface area contributed by atoms with Gasteiger partial charge in [0, 0.05) is 10.6 Å². The third-order valence-corrected chi connectivity index (χ3v) is 4.14. The number of carbonyl (C=O) groups excluding carboxylic acids is 2. The van der Waals surface area contributed by atoms with Crippen molar-refractivity contribution >= 4 is 29.3 Å². The van der Waals surface area contributed by atoms with Crippen molar-refractivity contribution in [3.05, 3.63) is 60.4 Å². The van der Waals surface area contributed by atoms with Crippen LogP contribution in [0.1, 0.15) is 10.4 Å². The van der Waals surface area contributed by atoms with Gasteiger partial charge in [-0.2, -0.15) is 8.78 Å². The first kappa shape index (κ1) is 19.4. The maximum atomic E-state index is 12.3. The van der Waals surface area contributed by atoms with Crippen LogP contribution in [0.15, 0.2) is 59.8 Å². The Balaban J connectivity index is 1.49. The van der Waals surface area contributed by atoms with Crippen molar-refractivity contribution < 1.29 is 23.1 Å². The maximum absolute atomic E-state index is 12.3. The quantitative estimate of drug-likeness (QED) is 0.477. The number of esters is 1. The summed E-state index contributed by atoms with van der Waals surface area (Å²) >= 11 is 0.410. The first-order valence-electron chi connectivity index (χ1n) is 7.86. The Hall–Kier alpha value is -3.34. The number of thioether (sulfide) groups is 1. The number of ether oxygens (including phenoxy) is 1. The van der Waals surface area contributed by atoms with Crippen LogP contribution in [0.2, 0.25) is 0 Å². The molecule has 0 unspecified atom stereocenters. The number of rotatable bonds is 7. The zero-order valence-electron chi connectivity index (χ0n) is 14.2. The molecule has 0 spiro atoms. The van der Waals surface area contributed by atoms with Gasteiger partial charge in [0.15, 0.2) is 6.61 Å². The monoisotopic (exact) mass is 405 g/mol. The number of hydrogen-bond donors (Lipinski definition) is 1. The second-order valence-electron chi connectivity index (χ2n) is 5.33. The molecule has 0 saturated heterocycles. The van der Waals surface area contributed by atoms with Gasteiger partial charge in [-0.1, -0.05) is 11.8 Å². The summed E-state index contributed by atoms with van der Waals surface area (Å²) in [5.41, 5.74) is 1.33. The standard InChI is InChI=1S/C17H13F2N5O3S/c18-17(19)28-14-7-3-12(4-8-14)21-15(25)9-27-16(26)11-1-5-13(6-2-11)24-10-20-22-23-24/h1-8,10,17H,9H2,(H,21,25). The fraction of sp³-hybridized carbons (Fsp3) is 0.118. The molecule has 0 aliphatic rings. The van der Waals surface area contributed by atoms with Crippen LogP contribution in [0.3, 0.4) is 0 Å². The van der Waals surface area contributed by atoms with Gasteiger partial charge in [-0.15, -0.1) is 5.10 Å². The normalized spacial score (nSPS) is 10.7. The minimum Gasteiger partial charge on any atom is -0.452 e. The molecular formula is C17H13F2N5O3S. The van der Waals surface area contributed by atoms with Crippen molar-refractivity contribution in [2.24, 2.45) is 0 Å². The summed E-state index contributed by atoms with van der Waals surface area (Å²) < 4.78 is 30.9. The first-order chi connectivity index (χ1) is 13.5. The predicted octanol–water partition coefficient (Wildman–Crippen LogP) is 2.77. The number of anilines is 1. The Kier molecular flexibility index (Phi) is 6.27. The molecule has 1 N–H and O–H groups in total. The van der Waals surface area contributed by atoms with Crippen molar-refractivity contribution in [1.82, 2.24) is 20.2 Å². The average molecular weight is 405 g/mol. The molecule has 144 valence electrons. The SMILES string of the molecule is O=C(COC(=O)c1ccc(-n2cnnn2)cc1)Nc1ccc(SC(F)F)cc1. The number of nitrogens with one attached hydrogen (secondary N) is 1. The smallest absolute Gasteiger partial charge is 0.338 e. The fourth-order valence-electron chi connectivity index (χ4n) is 2.16. The molecule has 0 saturated carbocycles. The van der Waals surface area contributed by atoms with E-state index in [2.05, 4.69) is 20.8 Å². The van der Waals surface area contributed by atoms with Crippen LogP contribution in [0, 0.1) is 0 Å². The lowest BCUT2D eigenvalue weighted by molar-refractivity contribution is -0.119. The Morgan fingerprint density at radius 3 is 2.43 bits per heavy atom. The number of hydrogen-bond acceptors (Lipinski definition) is 7. The number of amides is 1. The summed E-state index contributed by atoms with van der Waals surface area (Å²) in [6.07, 6.45) is 1.41. The third-order valence-electron chi connectivity index (χ3n) is 3.41. The second kappa shape index (κ2) is 9.04. The minimum atomic E-state index is -2.51. The third kappa shape index (κ3) is 5.33. The lowest BCUT2D eigenvalue weighted by Gasteiger charge is -2.08. The number of alkyl halides is 2. The Bertz CT molecular complexity index is 934. The van der Waals surface area contributed by atoms with Crippen LogP contribution in [0.4, 0.5) is 14.5 Å². The molecule has 28 heavy (non-hydrogen) atoms. The topological polar surface area (TPSA) is 99.0 Å². The van der Waals surface area contributed by atoms with E-state index in [1.54, 1.807) is 12.1 Å². The summed E-state index contributed by atoms with van der Waals surface area (Å²) in [5, 5.41) is 13.3. The molecule has 0 aliphatic heterocycles. The van der Waals surface area contributed by atoms with E-state index in [4.69, 9.17) is 4.74 Å². The zero-order valence-corrected chi connectivity index (χ0v) is 15.0. The van der Waals surface area contributed by atoms with Gasteiger partial charge in [-0.3, -0.25) is 4.79 Å². The molecule has 1 heterocycles. The van der Waals surface area contributed by atoms with E-state index in [1.165, 1.54) is 47.4 Å². The van der Waals surface area contributed by atoms with Gasteiger partial charge in [-0.25, -0.2) is 9.48 Å². The lowest BCUT2D eigenvalue weighted by Crippen LogP contribution is -2.20.